The fraction of sp³-hybridized carbons (Fsp3) is 0.545. The van der Waals surface area contributed by atoms with Crippen LogP contribution in [0.4, 0.5) is 0 Å². The summed E-state index contributed by atoms with van der Waals surface area (Å²) in [4.78, 5) is 21.5. The molecule has 0 radical (unpaired) electrons. The first-order chi connectivity index (χ1) is 8.69. The molecule has 1 aromatic heterocycles. The largest absolute Gasteiger partial charge is 0.383 e. The quantitative estimate of drug-likeness (QED) is 0.737. The number of hydrogen-bond donors (Lipinski definition) is 0. The summed E-state index contributed by atoms with van der Waals surface area (Å²) in [5.41, 5.74) is 0.217. The Bertz CT molecular complexity index is 382. The van der Waals surface area contributed by atoms with E-state index in [0.29, 0.717) is 26.3 Å². The van der Waals surface area contributed by atoms with E-state index in [-0.39, 0.29) is 16.8 Å². The maximum atomic E-state index is 12.2. The van der Waals surface area contributed by atoms with Crippen molar-refractivity contribution in [3.05, 3.63) is 23.2 Å². The molecule has 0 saturated carbocycles. The zero-order valence-electron chi connectivity index (χ0n) is 10.4. The van der Waals surface area contributed by atoms with Gasteiger partial charge in [0, 0.05) is 27.3 Å². The standard InChI is InChI=1S/C11H16ClN3O3/c1-17-5-3-15(4-6-18-2)11(16)9-7-13-8-10(12)14-9/h7-8H,3-6H2,1-2H3. The number of carbonyl (C=O) groups excluding carboxylic acids is 1. The molecule has 0 aliphatic heterocycles. The first-order valence-electron chi connectivity index (χ1n) is 5.43. The molecule has 0 aliphatic rings. The number of hydrogen-bond acceptors (Lipinski definition) is 5. The van der Waals surface area contributed by atoms with Crippen LogP contribution in [0.1, 0.15) is 10.5 Å². The summed E-state index contributed by atoms with van der Waals surface area (Å²) in [5.74, 6) is -0.237. The van der Waals surface area contributed by atoms with Crippen molar-refractivity contribution in [3.63, 3.8) is 0 Å². The Morgan fingerprint density at radius 3 is 2.39 bits per heavy atom. The Hall–Kier alpha value is -1.24. The molecule has 0 saturated heterocycles. The number of ether oxygens (including phenoxy) is 2. The second kappa shape index (κ2) is 7.97. The molecule has 18 heavy (non-hydrogen) atoms. The monoisotopic (exact) mass is 273 g/mol. The van der Waals surface area contributed by atoms with Crippen molar-refractivity contribution in [1.29, 1.82) is 0 Å². The van der Waals surface area contributed by atoms with Gasteiger partial charge < -0.3 is 14.4 Å². The Morgan fingerprint density at radius 2 is 1.89 bits per heavy atom. The molecular weight excluding hydrogens is 258 g/mol. The maximum Gasteiger partial charge on any atom is 0.274 e. The highest BCUT2D eigenvalue weighted by atomic mass is 35.5. The molecule has 100 valence electrons. The first kappa shape index (κ1) is 14.8. The normalized spacial score (nSPS) is 10.4. The van der Waals surface area contributed by atoms with Gasteiger partial charge in [-0.1, -0.05) is 11.6 Å². The molecular formula is C11H16ClN3O3. The van der Waals surface area contributed by atoms with Gasteiger partial charge in [-0.2, -0.15) is 0 Å². The van der Waals surface area contributed by atoms with Gasteiger partial charge in [0.2, 0.25) is 0 Å². The highest BCUT2D eigenvalue weighted by Gasteiger charge is 2.17. The van der Waals surface area contributed by atoms with E-state index in [0.717, 1.165) is 0 Å². The van der Waals surface area contributed by atoms with Crippen LogP contribution in [0.5, 0.6) is 0 Å². The lowest BCUT2D eigenvalue weighted by Gasteiger charge is -2.21. The van der Waals surface area contributed by atoms with Gasteiger partial charge >= 0.3 is 0 Å². The zero-order valence-corrected chi connectivity index (χ0v) is 11.2. The topological polar surface area (TPSA) is 64.6 Å². The summed E-state index contributed by atoms with van der Waals surface area (Å²) in [6.45, 7) is 1.83. The molecule has 6 nitrogen and oxygen atoms in total. The summed E-state index contributed by atoms with van der Waals surface area (Å²) < 4.78 is 9.93. The molecule has 1 heterocycles. The number of halogens is 1. The van der Waals surface area contributed by atoms with Crippen LogP contribution in [0.3, 0.4) is 0 Å². The predicted molar refractivity (Wildman–Crippen MR) is 66.7 cm³/mol. The second-order valence-electron chi connectivity index (χ2n) is 3.50. The van der Waals surface area contributed by atoms with E-state index in [1.165, 1.54) is 12.4 Å². The fourth-order valence-corrected chi connectivity index (χ4v) is 1.47. The summed E-state index contributed by atoms with van der Waals surface area (Å²) >= 11 is 5.71. The molecule has 0 N–H and O–H groups in total. The van der Waals surface area contributed by atoms with Crippen LogP contribution in [0.15, 0.2) is 12.4 Å². The molecule has 1 rings (SSSR count). The predicted octanol–water partition coefficient (Wildman–Crippen LogP) is 0.865. The van der Waals surface area contributed by atoms with Crippen LogP contribution in [0, 0.1) is 0 Å². The number of methoxy groups -OCH3 is 2. The van der Waals surface area contributed by atoms with E-state index >= 15 is 0 Å². The van der Waals surface area contributed by atoms with Crippen molar-refractivity contribution >= 4 is 17.5 Å². The van der Waals surface area contributed by atoms with Crippen molar-refractivity contribution in [2.45, 2.75) is 0 Å². The van der Waals surface area contributed by atoms with Crippen LogP contribution in [-0.2, 0) is 9.47 Å². The van der Waals surface area contributed by atoms with Gasteiger partial charge in [-0.05, 0) is 0 Å². The number of carbonyl (C=O) groups is 1. The molecule has 1 aromatic rings. The summed E-state index contributed by atoms with van der Waals surface area (Å²) in [6.07, 6.45) is 2.77. The Labute approximate surface area is 111 Å². The summed E-state index contributed by atoms with van der Waals surface area (Å²) in [6, 6.07) is 0. The van der Waals surface area contributed by atoms with Gasteiger partial charge in [0.05, 0.1) is 25.6 Å². The number of rotatable bonds is 7. The average molecular weight is 274 g/mol. The molecule has 7 heteroatoms. The molecule has 0 aromatic carbocycles. The molecule has 0 aliphatic carbocycles. The summed E-state index contributed by atoms with van der Waals surface area (Å²) in [5, 5.41) is 0.194. The Kier molecular flexibility index (Phi) is 6.56. The van der Waals surface area contributed by atoms with Crippen molar-refractivity contribution in [3.8, 4) is 0 Å². The van der Waals surface area contributed by atoms with E-state index in [1.807, 2.05) is 0 Å². The minimum Gasteiger partial charge on any atom is -0.383 e. The number of amides is 1. The van der Waals surface area contributed by atoms with Crippen LogP contribution in [0.2, 0.25) is 5.15 Å². The number of nitrogens with zero attached hydrogens (tertiary/aromatic N) is 3. The van der Waals surface area contributed by atoms with Crippen molar-refractivity contribution in [1.82, 2.24) is 14.9 Å². The van der Waals surface area contributed by atoms with Gasteiger partial charge in [0.1, 0.15) is 10.8 Å². The van der Waals surface area contributed by atoms with Crippen LogP contribution >= 0.6 is 11.6 Å². The fourth-order valence-electron chi connectivity index (χ4n) is 1.33. The first-order valence-corrected chi connectivity index (χ1v) is 5.81. The van der Waals surface area contributed by atoms with Crippen LogP contribution < -0.4 is 0 Å². The van der Waals surface area contributed by atoms with Gasteiger partial charge in [-0.15, -0.1) is 0 Å². The van der Waals surface area contributed by atoms with E-state index < -0.39 is 0 Å². The molecule has 0 bridgehead atoms. The second-order valence-corrected chi connectivity index (χ2v) is 3.89. The third-order valence-electron chi connectivity index (χ3n) is 2.24. The van der Waals surface area contributed by atoms with E-state index in [9.17, 15) is 4.79 Å². The Balaban J connectivity index is 2.73. The highest BCUT2D eigenvalue weighted by Crippen LogP contribution is 2.06. The van der Waals surface area contributed by atoms with Crippen LogP contribution in [0.25, 0.3) is 0 Å². The van der Waals surface area contributed by atoms with Crippen LogP contribution in [-0.4, -0.2) is 61.3 Å². The molecule has 0 atom stereocenters. The van der Waals surface area contributed by atoms with Crippen molar-refractivity contribution in [2.75, 3.05) is 40.5 Å². The zero-order chi connectivity index (χ0) is 13.4. The molecule has 0 spiro atoms. The Morgan fingerprint density at radius 1 is 1.28 bits per heavy atom. The van der Waals surface area contributed by atoms with Gasteiger partial charge in [-0.25, -0.2) is 4.98 Å². The van der Waals surface area contributed by atoms with E-state index in [4.69, 9.17) is 21.1 Å². The van der Waals surface area contributed by atoms with Gasteiger partial charge in [-0.3, -0.25) is 9.78 Å². The molecule has 0 fully saturated rings. The van der Waals surface area contributed by atoms with Gasteiger partial charge in [0.25, 0.3) is 5.91 Å². The summed E-state index contributed by atoms with van der Waals surface area (Å²) in [7, 11) is 3.16. The van der Waals surface area contributed by atoms with Crippen molar-refractivity contribution in [2.24, 2.45) is 0 Å². The molecule has 1 amide bonds. The lowest BCUT2D eigenvalue weighted by molar-refractivity contribution is 0.0621. The minimum atomic E-state index is -0.237. The SMILES string of the molecule is COCCN(CCOC)C(=O)c1cncc(Cl)n1. The lowest BCUT2D eigenvalue weighted by Crippen LogP contribution is -2.37. The minimum absolute atomic E-state index is 0.194. The highest BCUT2D eigenvalue weighted by molar-refractivity contribution is 6.29. The third kappa shape index (κ3) is 4.56. The van der Waals surface area contributed by atoms with E-state index in [1.54, 1.807) is 19.1 Å². The van der Waals surface area contributed by atoms with E-state index in [2.05, 4.69) is 9.97 Å². The smallest absolute Gasteiger partial charge is 0.274 e. The number of aromatic nitrogens is 2. The molecule has 0 unspecified atom stereocenters. The van der Waals surface area contributed by atoms with Gasteiger partial charge in [0.15, 0.2) is 0 Å². The lowest BCUT2D eigenvalue weighted by atomic mass is 10.3. The maximum absolute atomic E-state index is 12.2. The average Bonchev–Trinajstić information content (AvgIpc) is 2.38. The third-order valence-corrected chi connectivity index (χ3v) is 2.42. The van der Waals surface area contributed by atoms with Crippen molar-refractivity contribution < 1.29 is 14.3 Å².